The number of hydrogen-bond donors (Lipinski definition) is 2. The number of halogens is 1. The van der Waals surface area contributed by atoms with Gasteiger partial charge in [0.15, 0.2) is 0 Å². The maximum Gasteiger partial charge on any atom is 0.124 e. The number of hydrogen-bond acceptors (Lipinski definition) is 2. The number of aromatic amines is 1. The first kappa shape index (κ1) is 14.2. The van der Waals surface area contributed by atoms with E-state index in [2.05, 4.69) is 20.9 Å². The summed E-state index contributed by atoms with van der Waals surface area (Å²) in [5, 5.41) is 13.6. The fraction of sp³-hybridized carbons (Fsp3) is 0.0526. The summed E-state index contributed by atoms with van der Waals surface area (Å²) in [6.07, 6.45) is 1.94. The number of phenolic OH excluding ortho intramolecular Hbond substituents is 1. The van der Waals surface area contributed by atoms with E-state index >= 15 is 0 Å². The average molecular weight is 368 g/mol. The van der Waals surface area contributed by atoms with Crippen LogP contribution in [0, 0.1) is 0 Å². The summed E-state index contributed by atoms with van der Waals surface area (Å²) >= 11 is 3.48. The SMILES string of the molecule is COc1ccc2c(-c3c[nH]c4cc(Br)ccc34)c(O)ccc2c1. The summed E-state index contributed by atoms with van der Waals surface area (Å²) in [6, 6.07) is 15.6. The lowest BCUT2D eigenvalue weighted by molar-refractivity contribution is 0.415. The lowest BCUT2D eigenvalue weighted by atomic mass is 9.96. The number of aromatic hydroxyl groups is 1. The largest absolute Gasteiger partial charge is 0.507 e. The normalized spacial score (nSPS) is 11.2. The Kier molecular flexibility index (Phi) is 3.27. The van der Waals surface area contributed by atoms with Crippen molar-refractivity contribution < 1.29 is 9.84 Å². The van der Waals surface area contributed by atoms with Crippen molar-refractivity contribution in [1.29, 1.82) is 0 Å². The summed E-state index contributed by atoms with van der Waals surface area (Å²) < 4.78 is 6.31. The highest BCUT2D eigenvalue weighted by Crippen LogP contribution is 2.41. The van der Waals surface area contributed by atoms with Crippen molar-refractivity contribution in [3.8, 4) is 22.6 Å². The standard InChI is InChI=1S/C19H14BrNO2/c1-23-13-4-6-14-11(8-13)2-7-18(22)19(14)16-10-21-17-9-12(20)3-5-15(16)17/h2-10,21-22H,1H3. The molecular formula is C19H14BrNO2. The Bertz CT molecular complexity index is 1040. The molecule has 0 bridgehead atoms. The maximum atomic E-state index is 10.5. The lowest BCUT2D eigenvalue weighted by Gasteiger charge is -2.10. The summed E-state index contributed by atoms with van der Waals surface area (Å²) in [4.78, 5) is 3.28. The van der Waals surface area contributed by atoms with Gasteiger partial charge in [0, 0.05) is 32.7 Å². The number of H-pyrrole nitrogens is 1. The van der Waals surface area contributed by atoms with Crippen LogP contribution < -0.4 is 4.74 Å². The zero-order valence-electron chi connectivity index (χ0n) is 12.4. The van der Waals surface area contributed by atoms with Gasteiger partial charge in [-0.2, -0.15) is 0 Å². The van der Waals surface area contributed by atoms with Gasteiger partial charge in [-0.1, -0.05) is 28.1 Å². The summed E-state index contributed by atoms with van der Waals surface area (Å²) in [6.45, 7) is 0. The Balaban J connectivity index is 2.05. The van der Waals surface area contributed by atoms with Crippen molar-refractivity contribution in [2.45, 2.75) is 0 Å². The van der Waals surface area contributed by atoms with E-state index < -0.39 is 0 Å². The molecule has 0 unspecified atom stereocenters. The first-order valence-electron chi connectivity index (χ1n) is 7.24. The number of phenols is 1. The number of fused-ring (bicyclic) bond motifs is 2. The first-order valence-corrected chi connectivity index (χ1v) is 8.03. The molecule has 0 aliphatic heterocycles. The molecule has 114 valence electrons. The van der Waals surface area contributed by atoms with Crippen LogP contribution in [0.15, 0.2) is 59.2 Å². The maximum absolute atomic E-state index is 10.5. The van der Waals surface area contributed by atoms with Crippen LogP contribution in [0.4, 0.5) is 0 Å². The van der Waals surface area contributed by atoms with Crippen molar-refractivity contribution >= 4 is 37.6 Å². The van der Waals surface area contributed by atoms with Crippen LogP contribution in [-0.4, -0.2) is 17.2 Å². The van der Waals surface area contributed by atoms with Gasteiger partial charge in [0.2, 0.25) is 0 Å². The molecule has 1 aromatic heterocycles. The molecule has 3 nitrogen and oxygen atoms in total. The topological polar surface area (TPSA) is 45.2 Å². The van der Waals surface area contributed by atoms with Gasteiger partial charge < -0.3 is 14.8 Å². The van der Waals surface area contributed by atoms with E-state index in [4.69, 9.17) is 4.74 Å². The second-order valence-corrected chi connectivity index (χ2v) is 6.35. The van der Waals surface area contributed by atoms with Crippen molar-refractivity contribution in [2.75, 3.05) is 7.11 Å². The third kappa shape index (κ3) is 2.26. The average Bonchev–Trinajstić information content (AvgIpc) is 2.97. The minimum absolute atomic E-state index is 0.270. The second-order valence-electron chi connectivity index (χ2n) is 5.44. The van der Waals surface area contributed by atoms with E-state index in [0.29, 0.717) is 0 Å². The molecule has 0 spiro atoms. The van der Waals surface area contributed by atoms with Gasteiger partial charge in [-0.3, -0.25) is 0 Å². The second kappa shape index (κ2) is 5.32. The first-order chi connectivity index (χ1) is 11.2. The van der Waals surface area contributed by atoms with Gasteiger partial charge in [0.05, 0.1) is 7.11 Å². The molecule has 0 amide bonds. The fourth-order valence-corrected chi connectivity index (χ4v) is 3.37. The van der Waals surface area contributed by atoms with E-state index in [-0.39, 0.29) is 5.75 Å². The van der Waals surface area contributed by atoms with E-state index in [1.165, 1.54) is 0 Å². The molecule has 0 radical (unpaired) electrons. The Morgan fingerprint density at radius 1 is 1.00 bits per heavy atom. The molecule has 0 atom stereocenters. The van der Waals surface area contributed by atoms with Crippen LogP contribution in [-0.2, 0) is 0 Å². The van der Waals surface area contributed by atoms with E-state index in [9.17, 15) is 5.11 Å². The molecule has 4 rings (SSSR count). The third-order valence-corrected chi connectivity index (χ3v) is 4.61. The Morgan fingerprint density at radius 2 is 1.83 bits per heavy atom. The smallest absolute Gasteiger partial charge is 0.124 e. The molecule has 0 aliphatic rings. The summed E-state index contributed by atoms with van der Waals surface area (Å²) in [7, 11) is 1.65. The summed E-state index contributed by atoms with van der Waals surface area (Å²) in [5.41, 5.74) is 2.85. The van der Waals surface area contributed by atoms with Gasteiger partial charge in [-0.15, -0.1) is 0 Å². The zero-order chi connectivity index (χ0) is 16.0. The van der Waals surface area contributed by atoms with Gasteiger partial charge in [0.25, 0.3) is 0 Å². The molecule has 4 heteroatoms. The number of aromatic nitrogens is 1. The number of benzene rings is 3. The number of nitrogens with one attached hydrogen (secondary N) is 1. The molecule has 0 saturated carbocycles. The van der Waals surface area contributed by atoms with Crippen molar-refractivity contribution in [3.05, 3.63) is 59.2 Å². The molecule has 0 fully saturated rings. The Morgan fingerprint density at radius 3 is 2.65 bits per heavy atom. The molecule has 0 saturated heterocycles. The molecule has 4 aromatic rings. The van der Waals surface area contributed by atoms with Crippen LogP contribution in [0.25, 0.3) is 32.8 Å². The predicted octanol–water partition coefficient (Wildman–Crippen LogP) is 5.46. The highest BCUT2D eigenvalue weighted by Gasteiger charge is 2.14. The summed E-state index contributed by atoms with van der Waals surface area (Å²) in [5.74, 6) is 1.07. The van der Waals surface area contributed by atoms with Crippen LogP contribution in [0.3, 0.4) is 0 Å². The quantitative estimate of drug-likeness (QED) is 0.493. The van der Waals surface area contributed by atoms with Gasteiger partial charge in [-0.25, -0.2) is 0 Å². The molecule has 23 heavy (non-hydrogen) atoms. The molecular weight excluding hydrogens is 354 g/mol. The van der Waals surface area contributed by atoms with E-state index in [1.807, 2.05) is 48.7 Å². The number of methoxy groups -OCH3 is 1. The molecule has 0 aliphatic carbocycles. The third-order valence-electron chi connectivity index (χ3n) is 4.12. The predicted molar refractivity (Wildman–Crippen MR) is 97.2 cm³/mol. The molecule has 3 aromatic carbocycles. The van der Waals surface area contributed by atoms with Gasteiger partial charge >= 0.3 is 0 Å². The highest BCUT2D eigenvalue weighted by atomic mass is 79.9. The molecule has 2 N–H and O–H groups in total. The highest BCUT2D eigenvalue weighted by molar-refractivity contribution is 9.10. The minimum atomic E-state index is 0.270. The van der Waals surface area contributed by atoms with Crippen LogP contribution in [0.2, 0.25) is 0 Å². The van der Waals surface area contributed by atoms with Crippen LogP contribution >= 0.6 is 15.9 Å². The van der Waals surface area contributed by atoms with Gasteiger partial charge in [0.1, 0.15) is 11.5 Å². The zero-order valence-corrected chi connectivity index (χ0v) is 14.0. The lowest BCUT2D eigenvalue weighted by Crippen LogP contribution is -1.85. The Hall–Kier alpha value is -2.46. The minimum Gasteiger partial charge on any atom is -0.507 e. The molecule has 1 heterocycles. The van der Waals surface area contributed by atoms with E-state index in [1.54, 1.807) is 13.2 Å². The van der Waals surface area contributed by atoms with E-state index in [0.717, 1.165) is 43.0 Å². The van der Waals surface area contributed by atoms with Gasteiger partial charge in [-0.05, 0) is 47.2 Å². The van der Waals surface area contributed by atoms with Crippen LogP contribution in [0.1, 0.15) is 0 Å². The van der Waals surface area contributed by atoms with Crippen molar-refractivity contribution in [2.24, 2.45) is 0 Å². The number of rotatable bonds is 2. The van der Waals surface area contributed by atoms with Crippen LogP contribution in [0.5, 0.6) is 11.5 Å². The Labute approximate surface area is 141 Å². The van der Waals surface area contributed by atoms with Crippen molar-refractivity contribution in [1.82, 2.24) is 4.98 Å². The monoisotopic (exact) mass is 367 g/mol. The van der Waals surface area contributed by atoms with Crippen molar-refractivity contribution in [3.63, 3.8) is 0 Å². The number of ether oxygens (including phenoxy) is 1. The fourth-order valence-electron chi connectivity index (χ4n) is 3.01.